The first-order valence-electron chi connectivity index (χ1n) is 5.67. The molecule has 1 amide bonds. The van der Waals surface area contributed by atoms with Crippen LogP contribution in [0.25, 0.3) is 0 Å². The van der Waals surface area contributed by atoms with Crippen LogP contribution in [0.1, 0.15) is 21.7 Å². The number of hydrogen-bond acceptors (Lipinski definition) is 4. The van der Waals surface area contributed by atoms with Gasteiger partial charge in [-0.15, -0.1) is 0 Å². The minimum Gasteiger partial charge on any atom is -0.319 e. The number of hydrogen-bond donors (Lipinski definition) is 2. The average Bonchev–Trinajstić information content (AvgIpc) is 2.71. The lowest BCUT2D eigenvalue weighted by Crippen LogP contribution is -2.14. The van der Waals surface area contributed by atoms with Gasteiger partial charge in [-0.1, -0.05) is 0 Å². The fourth-order valence-electron chi connectivity index (χ4n) is 1.79. The molecule has 0 atom stereocenters. The molecule has 20 heavy (non-hydrogen) atoms. The van der Waals surface area contributed by atoms with Crippen LogP contribution < -0.4 is 5.32 Å². The maximum Gasteiger partial charge on any atom is 0.272 e. The number of carbonyl (C=O) groups is 1. The van der Waals surface area contributed by atoms with Crippen molar-refractivity contribution < 1.29 is 14.1 Å². The highest BCUT2D eigenvalue weighted by Gasteiger charge is 2.18. The molecule has 1 aromatic carbocycles. The number of anilines is 1. The molecule has 0 aliphatic rings. The van der Waals surface area contributed by atoms with Gasteiger partial charge < -0.3 is 5.32 Å². The van der Waals surface area contributed by atoms with Crippen molar-refractivity contribution in [3.8, 4) is 0 Å². The zero-order valence-corrected chi connectivity index (χ0v) is 10.7. The predicted octanol–water partition coefficient (Wildman–Crippen LogP) is 2.33. The lowest BCUT2D eigenvalue weighted by atomic mass is 10.2. The van der Waals surface area contributed by atoms with E-state index in [9.17, 15) is 19.3 Å². The molecule has 2 N–H and O–H groups in total. The number of aromatic nitrogens is 2. The van der Waals surface area contributed by atoms with E-state index < -0.39 is 16.6 Å². The molecule has 0 saturated carbocycles. The molecular weight excluding hydrogens is 267 g/mol. The molecular formula is C12H11FN4O3. The highest BCUT2D eigenvalue weighted by molar-refractivity contribution is 6.05. The smallest absolute Gasteiger partial charge is 0.272 e. The van der Waals surface area contributed by atoms with Gasteiger partial charge in [0.25, 0.3) is 11.6 Å². The van der Waals surface area contributed by atoms with E-state index in [0.717, 1.165) is 18.2 Å². The number of benzene rings is 1. The highest BCUT2D eigenvalue weighted by atomic mass is 19.1. The van der Waals surface area contributed by atoms with Crippen LogP contribution in [0, 0.1) is 29.8 Å². The molecule has 7 nitrogen and oxygen atoms in total. The quantitative estimate of drug-likeness (QED) is 0.664. The summed E-state index contributed by atoms with van der Waals surface area (Å²) in [4.78, 5) is 21.8. The topological polar surface area (TPSA) is 101 Å². The van der Waals surface area contributed by atoms with E-state index in [2.05, 4.69) is 15.5 Å². The Morgan fingerprint density at radius 1 is 1.45 bits per heavy atom. The molecule has 0 bridgehead atoms. The first-order valence-corrected chi connectivity index (χ1v) is 5.67. The standard InChI is InChI=1S/C12H11FN4O3/c1-6-11(7(2)16-15-6)12(18)14-10-4-3-8(17(19)20)5-9(10)13/h3-5H,1-2H3,(H,14,18)(H,15,16). The molecule has 8 heteroatoms. The van der Waals surface area contributed by atoms with Crippen LogP contribution in [0.15, 0.2) is 18.2 Å². The van der Waals surface area contributed by atoms with Gasteiger partial charge in [0.15, 0.2) is 5.82 Å². The summed E-state index contributed by atoms with van der Waals surface area (Å²) in [7, 11) is 0. The lowest BCUT2D eigenvalue weighted by molar-refractivity contribution is -0.385. The molecule has 1 aromatic heterocycles. The predicted molar refractivity (Wildman–Crippen MR) is 69.1 cm³/mol. The molecule has 0 radical (unpaired) electrons. The summed E-state index contributed by atoms with van der Waals surface area (Å²) in [5, 5.41) is 19.4. The zero-order valence-electron chi connectivity index (χ0n) is 10.7. The zero-order chi connectivity index (χ0) is 14.9. The molecule has 0 saturated heterocycles. The van der Waals surface area contributed by atoms with Crippen molar-refractivity contribution in [3.05, 3.63) is 51.1 Å². The van der Waals surface area contributed by atoms with Crippen LogP contribution in [-0.4, -0.2) is 21.0 Å². The van der Waals surface area contributed by atoms with Crippen LogP contribution in [-0.2, 0) is 0 Å². The number of nitro benzene ring substituents is 1. The first kappa shape index (κ1) is 13.7. The van der Waals surface area contributed by atoms with E-state index in [4.69, 9.17) is 0 Å². The Hall–Kier alpha value is -2.77. The van der Waals surface area contributed by atoms with E-state index in [0.29, 0.717) is 17.0 Å². The second-order valence-corrected chi connectivity index (χ2v) is 4.18. The summed E-state index contributed by atoms with van der Waals surface area (Å²) in [5.41, 5.74) is 0.865. The third kappa shape index (κ3) is 2.48. The summed E-state index contributed by atoms with van der Waals surface area (Å²) in [6.07, 6.45) is 0. The van der Waals surface area contributed by atoms with Crippen LogP contribution >= 0.6 is 0 Å². The van der Waals surface area contributed by atoms with Crippen molar-refractivity contribution in [3.63, 3.8) is 0 Å². The highest BCUT2D eigenvalue weighted by Crippen LogP contribution is 2.21. The maximum atomic E-state index is 13.7. The Balaban J connectivity index is 2.27. The number of nitrogens with zero attached hydrogens (tertiary/aromatic N) is 2. The molecule has 0 fully saturated rings. The van der Waals surface area contributed by atoms with Gasteiger partial charge in [-0.05, 0) is 19.9 Å². The molecule has 2 aromatic rings. The number of carbonyl (C=O) groups excluding carboxylic acids is 1. The number of H-pyrrole nitrogens is 1. The van der Waals surface area contributed by atoms with Crippen molar-refractivity contribution in [1.82, 2.24) is 10.2 Å². The van der Waals surface area contributed by atoms with Gasteiger partial charge in [0.05, 0.1) is 27.9 Å². The number of rotatable bonds is 3. The second-order valence-electron chi connectivity index (χ2n) is 4.18. The number of halogens is 1. The van der Waals surface area contributed by atoms with E-state index >= 15 is 0 Å². The van der Waals surface area contributed by atoms with Crippen molar-refractivity contribution in [2.75, 3.05) is 5.32 Å². The first-order chi connectivity index (χ1) is 9.40. The van der Waals surface area contributed by atoms with Crippen LogP contribution in [0.2, 0.25) is 0 Å². The van der Waals surface area contributed by atoms with Gasteiger partial charge in [0.2, 0.25) is 0 Å². The van der Waals surface area contributed by atoms with Crippen molar-refractivity contribution >= 4 is 17.3 Å². The number of aromatic amines is 1. The van der Waals surface area contributed by atoms with Crippen molar-refractivity contribution in [2.45, 2.75) is 13.8 Å². The van der Waals surface area contributed by atoms with Gasteiger partial charge >= 0.3 is 0 Å². The Bertz CT molecular complexity index is 677. The van der Waals surface area contributed by atoms with E-state index in [1.807, 2.05) is 0 Å². The third-order valence-corrected chi connectivity index (χ3v) is 2.77. The molecule has 0 aliphatic carbocycles. The Morgan fingerprint density at radius 2 is 2.15 bits per heavy atom. The summed E-state index contributed by atoms with van der Waals surface area (Å²) in [6, 6.07) is 3.02. The normalized spacial score (nSPS) is 10.3. The average molecular weight is 278 g/mol. The van der Waals surface area contributed by atoms with Gasteiger partial charge in [-0.3, -0.25) is 20.0 Å². The van der Waals surface area contributed by atoms with Gasteiger partial charge in [0, 0.05) is 11.8 Å². The lowest BCUT2D eigenvalue weighted by Gasteiger charge is -2.06. The fourth-order valence-corrected chi connectivity index (χ4v) is 1.79. The summed E-state index contributed by atoms with van der Waals surface area (Å²) in [6.45, 7) is 3.31. The summed E-state index contributed by atoms with van der Waals surface area (Å²) >= 11 is 0. The number of nitro groups is 1. The second kappa shape index (κ2) is 5.08. The molecule has 0 unspecified atom stereocenters. The minimum absolute atomic E-state index is 0.124. The van der Waals surface area contributed by atoms with Gasteiger partial charge in [-0.25, -0.2) is 4.39 Å². The largest absolute Gasteiger partial charge is 0.319 e. The summed E-state index contributed by atoms with van der Waals surface area (Å²) in [5.74, 6) is -1.40. The van der Waals surface area contributed by atoms with Crippen LogP contribution in [0.4, 0.5) is 15.8 Å². The van der Waals surface area contributed by atoms with E-state index in [-0.39, 0.29) is 11.4 Å². The molecule has 0 spiro atoms. The number of nitrogens with one attached hydrogen (secondary N) is 2. The Kier molecular flexibility index (Phi) is 3.47. The van der Waals surface area contributed by atoms with Crippen molar-refractivity contribution in [1.29, 1.82) is 0 Å². The van der Waals surface area contributed by atoms with Gasteiger partial charge in [-0.2, -0.15) is 5.10 Å². The SMILES string of the molecule is Cc1n[nH]c(C)c1C(=O)Nc1ccc([N+](=O)[O-])cc1F. The Morgan fingerprint density at radius 3 is 2.65 bits per heavy atom. The van der Waals surface area contributed by atoms with E-state index in [1.54, 1.807) is 13.8 Å². The molecule has 0 aliphatic heterocycles. The maximum absolute atomic E-state index is 13.7. The third-order valence-electron chi connectivity index (χ3n) is 2.77. The minimum atomic E-state index is -0.869. The molecule has 104 valence electrons. The number of aryl methyl sites for hydroxylation is 2. The Labute approximate surface area is 113 Å². The van der Waals surface area contributed by atoms with Crippen molar-refractivity contribution in [2.24, 2.45) is 0 Å². The van der Waals surface area contributed by atoms with Gasteiger partial charge in [0.1, 0.15) is 0 Å². The van der Waals surface area contributed by atoms with Crippen LogP contribution in [0.3, 0.4) is 0 Å². The van der Waals surface area contributed by atoms with Crippen LogP contribution in [0.5, 0.6) is 0 Å². The fraction of sp³-hybridized carbons (Fsp3) is 0.167. The number of amides is 1. The summed E-state index contributed by atoms with van der Waals surface area (Å²) < 4.78 is 13.7. The van der Waals surface area contributed by atoms with E-state index in [1.165, 1.54) is 0 Å². The monoisotopic (exact) mass is 278 g/mol. The molecule has 2 rings (SSSR count). The molecule has 1 heterocycles. The number of non-ortho nitro benzene ring substituents is 1.